The van der Waals surface area contributed by atoms with Crippen molar-refractivity contribution in [1.29, 1.82) is 0 Å². The molecule has 108 valence electrons. The Morgan fingerprint density at radius 3 is 3.14 bits per heavy atom. The molecule has 0 fully saturated rings. The number of hydrogen-bond acceptors (Lipinski definition) is 6. The number of nitrogens with one attached hydrogen (secondary N) is 2. The van der Waals surface area contributed by atoms with Crippen LogP contribution in [0.4, 0.5) is 0 Å². The maximum atomic E-state index is 4.70. The molecule has 2 N–H and O–H groups in total. The van der Waals surface area contributed by atoms with Crippen LogP contribution < -0.4 is 10.7 Å². The minimum atomic E-state index is 0.707. The lowest BCUT2D eigenvalue weighted by molar-refractivity contribution is 0.920. The molecule has 0 unspecified atom stereocenters. The number of rotatable bonds is 2. The van der Waals surface area contributed by atoms with Crippen molar-refractivity contribution < 1.29 is 0 Å². The van der Waals surface area contributed by atoms with Crippen LogP contribution in [0.5, 0.6) is 0 Å². The van der Waals surface area contributed by atoms with Crippen LogP contribution >= 0.6 is 0 Å². The lowest BCUT2D eigenvalue weighted by Gasteiger charge is -2.04. The predicted octanol–water partition coefficient (Wildman–Crippen LogP) is 1.67. The number of nitrogens with zero attached hydrogens (tertiary/aromatic N) is 4. The van der Waals surface area contributed by atoms with Crippen molar-refractivity contribution in [3.8, 4) is 0 Å². The van der Waals surface area contributed by atoms with Crippen molar-refractivity contribution >= 4 is 34.0 Å². The first kappa shape index (κ1) is 12.7. The van der Waals surface area contributed by atoms with E-state index in [-0.39, 0.29) is 0 Å². The van der Waals surface area contributed by atoms with E-state index < -0.39 is 0 Å². The fourth-order valence-electron chi connectivity index (χ4n) is 2.47. The quantitative estimate of drug-likeness (QED) is 0.428. The Hall–Kier alpha value is -3.02. The number of guanidine groups is 1. The van der Waals surface area contributed by atoms with Crippen LogP contribution in [0.15, 0.2) is 52.8 Å². The van der Waals surface area contributed by atoms with E-state index in [4.69, 9.17) is 4.98 Å². The molecule has 6 heteroatoms. The number of fused-ring (bicyclic) bond motifs is 2. The summed E-state index contributed by atoms with van der Waals surface area (Å²) in [7, 11) is 0. The van der Waals surface area contributed by atoms with E-state index in [9.17, 15) is 0 Å². The summed E-state index contributed by atoms with van der Waals surface area (Å²) in [5.74, 6) is 0.707. The maximum absolute atomic E-state index is 4.70. The number of benzene rings is 1. The SMILES string of the molecule is C(=N\NC1=NCCN1)/c1cccc2cc3ccncc3nc12. The van der Waals surface area contributed by atoms with Crippen molar-refractivity contribution in [2.75, 3.05) is 13.1 Å². The van der Waals surface area contributed by atoms with Gasteiger partial charge in [-0.15, -0.1) is 0 Å². The Morgan fingerprint density at radius 2 is 2.23 bits per heavy atom. The minimum Gasteiger partial charge on any atom is -0.353 e. The zero-order valence-electron chi connectivity index (χ0n) is 11.8. The fraction of sp³-hybridized carbons (Fsp3) is 0.125. The van der Waals surface area contributed by atoms with Crippen molar-refractivity contribution in [3.63, 3.8) is 0 Å². The van der Waals surface area contributed by atoms with Gasteiger partial charge in [0.2, 0.25) is 5.96 Å². The van der Waals surface area contributed by atoms with Crippen molar-refractivity contribution in [1.82, 2.24) is 20.7 Å². The molecule has 3 aromatic rings. The summed E-state index contributed by atoms with van der Waals surface area (Å²) in [6, 6.07) is 10.1. The van der Waals surface area contributed by atoms with Gasteiger partial charge in [-0.25, -0.2) is 15.4 Å². The average Bonchev–Trinajstić information content (AvgIpc) is 3.07. The topological polar surface area (TPSA) is 74.6 Å². The summed E-state index contributed by atoms with van der Waals surface area (Å²) in [6.45, 7) is 1.64. The summed E-state index contributed by atoms with van der Waals surface area (Å²) < 4.78 is 0. The van der Waals surface area contributed by atoms with Gasteiger partial charge < -0.3 is 5.32 Å². The lowest BCUT2D eigenvalue weighted by Crippen LogP contribution is -2.30. The highest BCUT2D eigenvalue weighted by molar-refractivity contribution is 6.02. The van der Waals surface area contributed by atoms with Crippen LogP contribution in [-0.4, -0.2) is 35.2 Å². The molecule has 3 heterocycles. The number of pyridine rings is 2. The van der Waals surface area contributed by atoms with E-state index in [2.05, 4.69) is 38.0 Å². The summed E-state index contributed by atoms with van der Waals surface area (Å²) in [4.78, 5) is 13.1. The van der Waals surface area contributed by atoms with Gasteiger partial charge >= 0.3 is 0 Å². The molecule has 1 aliphatic heterocycles. The Morgan fingerprint density at radius 1 is 1.23 bits per heavy atom. The zero-order valence-corrected chi connectivity index (χ0v) is 11.8. The maximum Gasteiger partial charge on any atom is 0.212 e. The smallest absolute Gasteiger partial charge is 0.212 e. The second-order valence-electron chi connectivity index (χ2n) is 5.00. The van der Waals surface area contributed by atoms with Crippen molar-refractivity contribution in [2.24, 2.45) is 10.1 Å². The number of aliphatic imine (C=N–C) groups is 1. The Balaban J connectivity index is 1.73. The summed E-state index contributed by atoms with van der Waals surface area (Å²) >= 11 is 0. The molecule has 0 saturated carbocycles. The molecule has 0 bridgehead atoms. The highest BCUT2D eigenvalue weighted by Crippen LogP contribution is 2.20. The van der Waals surface area contributed by atoms with Crippen LogP contribution in [0.1, 0.15) is 5.56 Å². The normalized spacial score (nSPS) is 14.5. The molecule has 4 rings (SSSR count). The van der Waals surface area contributed by atoms with E-state index in [1.165, 1.54) is 0 Å². The van der Waals surface area contributed by atoms with Crippen LogP contribution in [0.3, 0.4) is 0 Å². The van der Waals surface area contributed by atoms with Crippen LogP contribution in [-0.2, 0) is 0 Å². The number of hydrogen-bond donors (Lipinski definition) is 2. The molecular formula is C16H14N6. The Labute approximate surface area is 127 Å². The third-order valence-electron chi connectivity index (χ3n) is 3.52. The van der Waals surface area contributed by atoms with Gasteiger partial charge in [0.05, 0.1) is 30.0 Å². The molecule has 0 radical (unpaired) electrons. The summed E-state index contributed by atoms with van der Waals surface area (Å²) in [5, 5.41) is 9.50. The molecule has 0 spiro atoms. The molecule has 0 amide bonds. The van der Waals surface area contributed by atoms with Gasteiger partial charge in [-0.2, -0.15) is 5.10 Å². The molecule has 6 nitrogen and oxygen atoms in total. The standard InChI is InChI=1S/C16H14N6/c1-2-12-8-11-4-5-17-10-14(11)21-15(12)13(3-1)9-20-22-16-18-6-7-19-16/h1-5,8-10H,6-7H2,(H2,18,19,22)/b20-9+. The van der Waals surface area contributed by atoms with Gasteiger partial charge in [0.15, 0.2) is 0 Å². The summed E-state index contributed by atoms with van der Waals surface area (Å²) in [5.41, 5.74) is 5.65. The molecule has 22 heavy (non-hydrogen) atoms. The van der Waals surface area contributed by atoms with E-state index in [1.807, 2.05) is 18.2 Å². The monoisotopic (exact) mass is 290 g/mol. The van der Waals surface area contributed by atoms with E-state index in [1.54, 1.807) is 18.6 Å². The molecule has 0 saturated heterocycles. The largest absolute Gasteiger partial charge is 0.353 e. The van der Waals surface area contributed by atoms with Crippen molar-refractivity contribution in [2.45, 2.75) is 0 Å². The van der Waals surface area contributed by atoms with Gasteiger partial charge in [0.25, 0.3) is 0 Å². The lowest BCUT2D eigenvalue weighted by atomic mass is 10.1. The van der Waals surface area contributed by atoms with Gasteiger partial charge in [-0.1, -0.05) is 18.2 Å². The first-order valence-corrected chi connectivity index (χ1v) is 7.11. The number of aromatic nitrogens is 2. The third kappa shape index (κ3) is 2.35. The van der Waals surface area contributed by atoms with E-state index in [0.29, 0.717) is 5.96 Å². The van der Waals surface area contributed by atoms with Gasteiger partial charge in [-0.05, 0) is 12.1 Å². The van der Waals surface area contributed by atoms with Gasteiger partial charge in [-0.3, -0.25) is 4.98 Å². The zero-order chi connectivity index (χ0) is 14.8. The van der Waals surface area contributed by atoms with Crippen molar-refractivity contribution in [3.05, 3.63) is 48.3 Å². The minimum absolute atomic E-state index is 0.707. The molecule has 0 atom stereocenters. The predicted molar refractivity (Wildman–Crippen MR) is 88.1 cm³/mol. The molecule has 1 aromatic carbocycles. The number of hydrazone groups is 1. The second kappa shape index (κ2) is 5.40. The van der Waals surface area contributed by atoms with Gasteiger partial charge in [0, 0.05) is 29.1 Å². The first-order valence-electron chi connectivity index (χ1n) is 7.11. The Kier molecular flexibility index (Phi) is 3.12. The van der Waals surface area contributed by atoms with Crippen LogP contribution in [0.25, 0.3) is 21.8 Å². The number of para-hydroxylation sites is 1. The Bertz CT molecular complexity index is 899. The molecule has 2 aromatic heterocycles. The third-order valence-corrected chi connectivity index (χ3v) is 3.52. The van der Waals surface area contributed by atoms with Crippen LogP contribution in [0.2, 0.25) is 0 Å². The van der Waals surface area contributed by atoms with E-state index >= 15 is 0 Å². The molecule has 0 aliphatic carbocycles. The fourth-order valence-corrected chi connectivity index (χ4v) is 2.47. The highest BCUT2D eigenvalue weighted by Gasteiger charge is 2.04. The van der Waals surface area contributed by atoms with E-state index in [0.717, 1.165) is 40.5 Å². The van der Waals surface area contributed by atoms with Gasteiger partial charge in [0.1, 0.15) is 0 Å². The molecule has 1 aliphatic rings. The summed E-state index contributed by atoms with van der Waals surface area (Å²) in [6.07, 6.45) is 5.32. The van der Waals surface area contributed by atoms with Crippen LogP contribution in [0, 0.1) is 0 Å². The average molecular weight is 290 g/mol. The first-order chi connectivity index (χ1) is 10.9. The highest BCUT2D eigenvalue weighted by atomic mass is 15.4. The molecular weight excluding hydrogens is 276 g/mol. The second-order valence-corrected chi connectivity index (χ2v) is 5.00.